The first-order valence-corrected chi connectivity index (χ1v) is 19.1. The van der Waals surface area contributed by atoms with Crippen LogP contribution in [-0.4, -0.2) is 72.1 Å². The van der Waals surface area contributed by atoms with Crippen molar-refractivity contribution in [3.63, 3.8) is 0 Å². The van der Waals surface area contributed by atoms with E-state index in [2.05, 4.69) is 27.3 Å². The Balaban J connectivity index is 1.32. The largest absolute Gasteiger partial charge is 0.389 e. The molecule has 10 heteroatoms. The van der Waals surface area contributed by atoms with Crippen LogP contribution in [0.5, 0.6) is 0 Å². The van der Waals surface area contributed by atoms with Gasteiger partial charge in [0.15, 0.2) is 0 Å². The molecule has 3 aliphatic carbocycles. The molecule has 4 rings (SSSR count). The standard InChI is InChI=1S/C39H58N4O5S/c1-27-32(13-10-14-33(27)41-37(46)23-28-18-20-40-21-19-28)38(47)42-34(26-49-31-17-16-29-11-7-8-12-30(29)24-31)35(44)25-48-22-9-5-6-15-36(45)43-39(2,3)4/h5-6,13,18-20,24,27,33-35,40,44H,7-12,14-17,21-23,25-26H2,1-4H3,(H,41,46)(H,42,47)(H,43,45)/b6-5-/t27?,33?,34-,35+/m0/s1. The first-order chi connectivity index (χ1) is 23.5. The normalized spacial score (nSPS) is 22.3. The molecule has 0 aromatic rings. The summed E-state index contributed by atoms with van der Waals surface area (Å²) >= 11 is 1.72. The Labute approximate surface area is 297 Å². The van der Waals surface area contributed by atoms with Crippen molar-refractivity contribution in [1.29, 1.82) is 0 Å². The van der Waals surface area contributed by atoms with Gasteiger partial charge in [-0.3, -0.25) is 14.4 Å². The highest BCUT2D eigenvalue weighted by Crippen LogP contribution is 2.38. The van der Waals surface area contributed by atoms with Gasteiger partial charge in [0.25, 0.3) is 0 Å². The van der Waals surface area contributed by atoms with Crippen molar-refractivity contribution in [2.24, 2.45) is 5.92 Å². The van der Waals surface area contributed by atoms with E-state index < -0.39 is 12.1 Å². The number of amides is 3. The predicted octanol–water partition coefficient (Wildman–Crippen LogP) is 5.66. The second kappa shape index (κ2) is 19.3. The maximum absolute atomic E-state index is 13.8. The lowest BCUT2D eigenvalue weighted by molar-refractivity contribution is -0.123. The van der Waals surface area contributed by atoms with E-state index in [4.69, 9.17) is 4.74 Å². The Kier molecular flexibility index (Phi) is 15.3. The molecule has 0 radical (unpaired) electrons. The summed E-state index contributed by atoms with van der Waals surface area (Å²) in [5, 5.41) is 23.7. The van der Waals surface area contributed by atoms with Gasteiger partial charge in [-0.25, -0.2) is 0 Å². The number of carbonyl (C=O) groups excluding carboxylic acids is 3. The molecule has 9 nitrogen and oxygen atoms in total. The third-order valence-electron chi connectivity index (χ3n) is 9.37. The second-order valence-corrected chi connectivity index (χ2v) is 15.8. The van der Waals surface area contributed by atoms with Gasteiger partial charge < -0.3 is 31.1 Å². The van der Waals surface area contributed by atoms with Gasteiger partial charge >= 0.3 is 0 Å². The Hall–Kier alpha value is -3.08. The molecule has 5 N–H and O–H groups in total. The van der Waals surface area contributed by atoms with E-state index in [1.165, 1.54) is 29.7 Å². The van der Waals surface area contributed by atoms with Gasteiger partial charge in [0.05, 0.1) is 31.8 Å². The lowest BCUT2D eigenvalue weighted by Crippen LogP contribution is -2.50. The van der Waals surface area contributed by atoms with E-state index in [9.17, 15) is 19.5 Å². The molecular formula is C39H58N4O5S. The molecule has 49 heavy (non-hydrogen) atoms. The van der Waals surface area contributed by atoms with Crippen molar-refractivity contribution >= 4 is 29.5 Å². The molecule has 0 fully saturated rings. The van der Waals surface area contributed by atoms with E-state index in [0.717, 1.165) is 31.3 Å². The zero-order valence-corrected chi connectivity index (χ0v) is 30.8. The lowest BCUT2D eigenvalue weighted by atomic mass is 9.83. The molecule has 270 valence electrons. The molecular weight excluding hydrogens is 637 g/mol. The fourth-order valence-electron chi connectivity index (χ4n) is 6.69. The predicted molar refractivity (Wildman–Crippen MR) is 199 cm³/mol. The van der Waals surface area contributed by atoms with Crippen LogP contribution in [-0.2, 0) is 19.1 Å². The number of dihydropyridines is 1. The maximum Gasteiger partial charge on any atom is 0.247 e. The number of rotatable bonds is 16. The Morgan fingerprint density at radius 1 is 1.10 bits per heavy atom. The molecule has 0 saturated heterocycles. The van der Waals surface area contributed by atoms with E-state index in [0.29, 0.717) is 50.2 Å². The average molecular weight is 695 g/mol. The number of hydrogen-bond acceptors (Lipinski definition) is 7. The molecule has 0 saturated carbocycles. The van der Waals surface area contributed by atoms with Crippen molar-refractivity contribution in [1.82, 2.24) is 21.3 Å². The van der Waals surface area contributed by atoms with Crippen molar-refractivity contribution in [2.75, 3.05) is 25.5 Å². The van der Waals surface area contributed by atoms with E-state index in [-0.39, 0.29) is 41.8 Å². The average Bonchev–Trinajstić information content (AvgIpc) is 3.06. The molecule has 0 aromatic heterocycles. The van der Waals surface area contributed by atoms with Crippen LogP contribution < -0.4 is 21.3 Å². The van der Waals surface area contributed by atoms with E-state index in [1.807, 2.05) is 64.3 Å². The fourth-order valence-corrected chi connectivity index (χ4v) is 7.86. The number of nitrogens with one attached hydrogen (secondary N) is 4. The molecule has 0 aromatic carbocycles. The minimum absolute atomic E-state index is 0.0244. The quantitative estimate of drug-likeness (QED) is 0.104. The van der Waals surface area contributed by atoms with Crippen LogP contribution in [0.15, 0.2) is 69.9 Å². The molecule has 1 aliphatic heterocycles. The molecule has 0 spiro atoms. The number of hydrogen-bond donors (Lipinski definition) is 5. The van der Waals surface area contributed by atoms with Gasteiger partial charge in [0, 0.05) is 41.8 Å². The topological polar surface area (TPSA) is 129 Å². The summed E-state index contributed by atoms with van der Waals surface area (Å²) in [7, 11) is 0. The third-order valence-corrected chi connectivity index (χ3v) is 10.6. The van der Waals surface area contributed by atoms with Gasteiger partial charge in [-0.1, -0.05) is 36.8 Å². The number of carbonyl (C=O) groups is 3. The molecule has 4 aliphatic rings. The summed E-state index contributed by atoms with van der Waals surface area (Å²) in [6.45, 7) is 9.06. The highest BCUT2D eigenvalue weighted by molar-refractivity contribution is 8.03. The number of aliphatic hydroxyl groups excluding tert-OH is 1. The van der Waals surface area contributed by atoms with Crippen LogP contribution in [0.2, 0.25) is 0 Å². The van der Waals surface area contributed by atoms with Crippen LogP contribution in [0.4, 0.5) is 0 Å². The van der Waals surface area contributed by atoms with Gasteiger partial charge in [0.2, 0.25) is 17.7 Å². The summed E-state index contributed by atoms with van der Waals surface area (Å²) in [6, 6.07) is -0.651. The number of allylic oxidation sites excluding steroid dienone is 6. The highest BCUT2D eigenvalue weighted by Gasteiger charge is 2.32. The van der Waals surface area contributed by atoms with Crippen LogP contribution in [0.25, 0.3) is 0 Å². The van der Waals surface area contributed by atoms with Crippen LogP contribution in [0.3, 0.4) is 0 Å². The minimum atomic E-state index is -0.895. The van der Waals surface area contributed by atoms with Crippen LogP contribution in [0.1, 0.15) is 98.3 Å². The Bertz CT molecular complexity index is 1360. The SMILES string of the molecule is CC1C(C(=O)N[C@@H](CSC2=CC3=C(CCCC3)CC2)[C@H](O)COCC/C=C\CC(=O)NC(C)(C)C)=CCCC1NC(=O)CC1=CCNC=C1. The van der Waals surface area contributed by atoms with E-state index >= 15 is 0 Å². The second-order valence-electron chi connectivity index (χ2n) is 14.6. The number of aliphatic hydroxyl groups is 1. The van der Waals surface area contributed by atoms with Crippen LogP contribution >= 0.6 is 11.8 Å². The molecule has 2 unspecified atom stereocenters. The van der Waals surface area contributed by atoms with Crippen molar-refractivity contribution in [2.45, 2.75) is 122 Å². The summed E-state index contributed by atoms with van der Waals surface area (Å²) in [5.74, 6) is 0.104. The van der Waals surface area contributed by atoms with Crippen molar-refractivity contribution < 1.29 is 24.2 Å². The summed E-state index contributed by atoms with van der Waals surface area (Å²) in [5.41, 5.74) is 4.45. The van der Waals surface area contributed by atoms with Crippen LogP contribution in [0, 0.1) is 5.92 Å². The minimum Gasteiger partial charge on any atom is -0.389 e. The summed E-state index contributed by atoms with van der Waals surface area (Å²) in [6.07, 6.45) is 22.6. The zero-order chi connectivity index (χ0) is 35.2. The number of ether oxygens (including phenoxy) is 1. The van der Waals surface area contributed by atoms with Gasteiger partial charge in [-0.15, -0.1) is 11.8 Å². The first-order valence-electron chi connectivity index (χ1n) is 18.1. The maximum atomic E-state index is 13.8. The Morgan fingerprint density at radius 3 is 2.69 bits per heavy atom. The van der Waals surface area contributed by atoms with Gasteiger partial charge in [-0.05, 0) is 113 Å². The fraction of sp³-hybridized carbons (Fsp3) is 0.615. The Morgan fingerprint density at radius 2 is 1.92 bits per heavy atom. The molecule has 4 atom stereocenters. The zero-order valence-electron chi connectivity index (χ0n) is 29.9. The summed E-state index contributed by atoms with van der Waals surface area (Å²) in [4.78, 5) is 39.9. The van der Waals surface area contributed by atoms with Gasteiger partial charge in [-0.2, -0.15) is 0 Å². The number of thioether (sulfide) groups is 1. The highest BCUT2D eigenvalue weighted by atomic mass is 32.2. The molecule has 1 heterocycles. The molecule has 0 bridgehead atoms. The van der Waals surface area contributed by atoms with E-state index in [1.54, 1.807) is 17.3 Å². The third kappa shape index (κ3) is 13.3. The molecule has 3 amide bonds. The lowest BCUT2D eigenvalue weighted by Gasteiger charge is -2.32. The summed E-state index contributed by atoms with van der Waals surface area (Å²) < 4.78 is 5.84. The first kappa shape index (κ1) is 38.7. The van der Waals surface area contributed by atoms with Gasteiger partial charge in [0.1, 0.15) is 0 Å². The van der Waals surface area contributed by atoms with Crippen molar-refractivity contribution in [3.05, 3.63) is 69.9 Å². The smallest absolute Gasteiger partial charge is 0.247 e. The monoisotopic (exact) mass is 694 g/mol. The van der Waals surface area contributed by atoms with Crippen molar-refractivity contribution in [3.8, 4) is 0 Å².